The van der Waals surface area contributed by atoms with Gasteiger partial charge in [-0.3, -0.25) is 10.1 Å². The van der Waals surface area contributed by atoms with Crippen LogP contribution >= 0.6 is 11.8 Å². The molecule has 0 radical (unpaired) electrons. The topological polar surface area (TPSA) is 81.7 Å². The molecule has 0 aromatic heterocycles. The predicted molar refractivity (Wildman–Crippen MR) is 116 cm³/mol. The number of nitrogens with zero attached hydrogens (tertiary/aromatic N) is 1. The fraction of sp³-hybridized carbons (Fsp3) is 0.455. The molecule has 154 valence electrons. The number of piperidine rings is 1. The molecule has 0 bridgehead atoms. The summed E-state index contributed by atoms with van der Waals surface area (Å²) < 4.78 is 0. The van der Waals surface area contributed by atoms with Crippen molar-refractivity contribution in [3.8, 4) is 0 Å². The van der Waals surface area contributed by atoms with E-state index in [0.29, 0.717) is 32.4 Å². The molecule has 6 nitrogen and oxygen atoms in total. The van der Waals surface area contributed by atoms with Gasteiger partial charge in [-0.25, -0.2) is 4.79 Å². The fourth-order valence-corrected chi connectivity index (χ4v) is 4.95. The average Bonchev–Trinajstić information content (AvgIpc) is 3.01. The highest BCUT2D eigenvalue weighted by Crippen LogP contribution is 2.29. The smallest absolute Gasteiger partial charge is 0.407 e. The molecule has 2 aromatic rings. The third-order valence-corrected chi connectivity index (χ3v) is 6.75. The van der Waals surface area contributed by atoms with Crippen molar-refractivity contribution >= 4 is 34.5 Å². The van der Waals surface area contributed by atoms with E-state index in [2.05, 4.69) is 53.3 Å². The first kappa shape index (κ1) is 20.0. The lowest BCUT2D eigenvalue weighted by atomic mass is 9.93. The van der Waals surface area contributed by atoms with Crippen LogP contribution in [0.3, 0.4) is 0 Å². The molecule has 2 heterocycles. The Morgan fingerprint density at radius 1 is 1.24 bits per heavy atom. The quantitative estimate of drug-likeness (QED) is 0.702. The van der Waals surface area contributed by atoms with Crippen molar-refractivity contribution in [1.29, 1.82) is 0 Å². The molecular weight excluding hydrogens is 386 g/mol. The van der Waals surface area contributed by atoms with Gasteiger partial charge >= 0.3 is 6.09 Å². The summed E-state index contributed by atoms with van der Waals surface area (Å²) in [5.74, 6) is 1.05. The molecule has 2 fully saturated rings. The van der Waals surface area contributed by atoms with Crippen molar-refractivity contribution in [3.63, 3.8) is 0 Å². The monoisotopic (exact) mass is 413 g/mol. The molecule has 7 heteroatoms. The van der Waals surface area contributed by atoms with Crippen LogP contribution in [-0.4, -0.2) is 58.8 Å². The Balaban J connectivity index is 1.54. The Morgan fingerprint density at radius 2 is 2.00 bits per heavy atom. The summed E-state index contributed by atoms with van der Waals surface area (Å²) in [6.45, 7) is 0.870. The van der Waals surface area contributed by atoms with Crippen molar-refractivity contribution in [2.45, 2.75) is 37.4 Å². The van der Waals surface area contributed by atoms with Crippen LogP contribution in [0.5, 0.6) is 0 Å². The normalized spacial score (nSPS) is 20.9. The zero-order valence-electron chi connectivity index (χ0n) is 16.6. The number of likely N-dealkylation sites (tertiary alicyclic amines) is 1. The molecule has 1 atom stereocenters. The van der Waals surface area contributed by atoms with E-state index < -0.39 is 11.8 Å². The highest BCUT2D eigenvalue weighted by atomic mass is 32.2. The van der Waals surface area contributed by atoms with E-state index in [9.17, 15) is 14.7 Å². The minimum atomic E-state index is -0.893. The molecule has 2 aromatic carbocycles. The zero-order valence-corrected chi connectivity index (χ0v) is 17.4. The van der Waals surface area contributed by atoms with Gasteiger partial charge in [-0.15, -0.1) is 0 Å². The molecule has 0 aliphatic carbocycles. The molecular formula is C22H27N3O3S. The van der Waals surface area contributed by atoms with E-state index in [1.165, 1.54) is 26.8 Å². The maximum atomic E-state index is 12.7. The Hall–Kier alpha value is -2.25. The van der Waals surface area contributed by atoms with Gasteiger partial charge in [0.1, 0.15) is 0 Å². The van der Waals surface area contributed by atoms with Gasteiger partial charge in [-0.2, -0.15) is 11.8 Å². The van der Waals surface area contributed by atoms with Crippen LogP contribution < -0.4 is 10.6 Å². The molecule has 2 aliphatic rings. The number of thioether (sulfide) groups is 1. The summed E-state index contributed by atoms with van der Waals surface area (Å²) in [6, 6.07) is 12.4. The van der Waals surface area contributed by atoms with E-state index in [0.717, 1.165) is 12.2 Å². The molecule has 2 aliphatic heterocycles. The summed E-state index contributed by atoms with van der Waals surface area (Å²) in [4.78, 5) is 25.3. The van der Waals surface area contributed by atoms with Gasteiger partial charge < -0.3 is 15.3 Å². The number of aryl methyl sites for hydroxylation is 1. The first-order chi connectivity index (χ1) is 14.0. The molecule has 29 heavy (non-hydrogen) atoms. The van der Waals surface area contributed by atoms with Gasteiger partial charge in [0.2, 0.25) is 5.91 Å². The Bertz CT molecular complexity index is 925. The maximum Gasteiger partial charge on any atom is 0.407 e. The third kappa shape index (κ3) is 4.07. The molecule has 2 saturated heterocycles. The van der Waals surface area contributed by atoms with Crippen molar-refractivity contribution in [1.82, 2.24) is 15.5 Å². The summed E-state index contributed by atoms with van der Waals surface area (Å²) in [5.41, 5.74) is 2.06. The average molecular weight is 414 g/mol. The van der Waals surface area contributed by atoms with Crippen molar-refractivity contribution < 1.29 is 14.7 Å². The number of amides is 2. The van der Waals surface area contributed by atoms with Crippen molar-refractivity contribution in [2.75, 3.05) is 25.1 Å². The summed E-state index contributed by atoms with van der Waals surface area (Å²) in [7, 11) is 0. The van der Waals surface area contributed by atoms with Crippen LogP contribution in [0.1, 0.15) is 24.0 Å². The maximum absolute atomic E-state index is 12.7. The van der Waals surface area contributed by atoms with Gasteiger partial charge in [-0.1, -0.05) is 36.4 Å². The summed E-state index contributed by atoms with van der Waals surface area (Å²) in [5, 5.41) is 18.3. The predicted octanol–water partition coefficient (Wildman–Crippen LogP) is 2.85. The van der Waals surface area contributed by atoms with E-state index in [1.807, 2.05) is 11.8 Å². The van der Waals surface area contributed by atoms with E-state index in [1.54, 1.807) is 0 Å². The molecule has 1 unspecified atom stereocenters. The Labute approximate surface area is 175 Å². The van der Waals surface area contributed by atoms with Crippen molar-refractivity contribution in [3.05, 3.63) is 47.5 Å². The van der Waals surface area contributed by atoms with Gasteiger partial charge in [-0.05, 0) is 46.7 Å². The third-order valence-electron chi connectivity index (χ3n) is 6.13. The van der Waals surface area contributed by atoms with Gasteiger partial charge in [0.25, 0.3) is 0 Å². The van der Waals surface area contributed by atoms with Gasteiger partial charge in [0.05, 0.1) is 11.7 Å². The van der Waals surface area contributed by atoms with Crippen LogP contribution in [0.25, 0.3) is 10.8 Å². The second kappa shape index (κ2) is 8.24. The number of rotatable bonds is 5. The Morgan fingerprint density at radius 3 is 2.72 bits per heavy atom. The summed E-state index contributed by atoms with van der Waals surface area (Å²) in [6.07, 6.45) is 4.03. The molecule has 4 rings (SSSR count). The molecule has 1 spiro atoms. The van der Waals surface area contributed by atoms with Crippen molar-refractivity contribution in [2.24, 2.45) is 0 Å². The molecule has 3 N–H and O–H groups in total. The number of carboxylic acid groups (broad SMARTS) is 1. The van der Waals surface area contributed by atoms with Crippen LogP contribution in [0.2, 0.25) is 0 Å². The standard InChI is InChI=1S/C22H27N3O3S/c1-29-13-8-18-16(7-6-15-4-2-3-5-17(15)18)14-19-20(26)24-22(23-19)9-11-25(12-10-22)21(27)28/h2-7,19,23H,8-14H2,1H3,(H,24,26)(H,27,28). The van der Waals surface area contributed by atoms with Gasteiger partial charge in [0.15, 0.2) is 0 Å². The number of hydrogen-bond acceptors (Lipinski definition) is 4. The minimum Gasteiger partial charge on any atom is -0.465 e. The number of fused-ring (bicyclic) bond motifs is 1. The second-order valence-electron chi connectivity index (χ2n) is 7.91. The van der Waals surface area contributed by atoms with E-state index in [-0.39, 0.29) is 11.9 Å². The number of carbonyl (C=O) groups is 2. The molecule has 0 saturated carbocycles. The first-order valence-electron chi connectivity index (χ1n) is 10.1. The molecule has 2 amide bonds. The lowest BCUT2D eigenvalue weighted by Gasteiger charge is -2.38. The van der Waals surface area contributed by atoms with Gasteiger partial charge in [0, 0.05) is 25.9 Å². The zero-order chi connectivity index (χ0) is 20.4. The Kier molecular flexibility index (Phi) is 5.69. The number of hydrogen-bond donors (Lipinski definition) is 3. The van der Waals surface area contributed by atoms with Crippen LogP contribution in [0, 0.1) is 0 Å². The van der Waals surface area contributed by atoms with Crippen LogP contribution in [-0.2, 0) is 17.6 Å². The second-order valence-corrected chi connectivity index (χ2v) is 8.89. The minimum absolute atomic E-state index is 0.0118. The van der Waals surface area contributed by atoms with E-state index in [4.69, 9.17) is 0 Å². The fourth-order valence-electron chi connectivity index (χ4n) is 4.54. The highest BCUT2D eigenvalue weighted by Gasteiger charge is 2.45. The first-order valence-corrected chi connectivity index (χ1v) is 11.5. The van der Waals surface area contributed by atoms with Crippen LogP contribution in [0.15, 0.2) is 36.4 Å². The van der Waals surface area contributed by atoms with Crippen LogP contribution in [0.4, 0.5) is 4.79 Å². The number of nitrogens with one attached hydrogen (secondary N) is 2. The highest BCUT2D eigenvalue weighted by molar-refractivity contribution is 7.98. The largest absolute Gasteiger partial charge is 0.465 e. The number of benzene rings is 2. The summed E-state index contributed by atoms with van der Waals surface area (Å²) >= 11 is 1.83. The van der Waals surface area contributed by atoms with E-state index >= 15 is 0 Å². The SMILES string of the molecule is CSCCc1c(CC2NC3(CCN(C(=O)O)CC3)NC2=O)ccc2ccccc12. The lowest BCUT2D eigenvalue weighted by molar-refractivity contribution is -0.121. The number of carbonyl (C=O) groups excluding carboxylic acids is 1. The lowest BCUT2D eigenvalue weighted by Crippen LogP contribution is -2.58.